The largest absolute Gasteiger partial charge is 0.289 e. The Morgan fingerprint density at radius 3 is 2.34 bits per heavy atom. The summed E-state index contributed by atoms with van der Waals surface area (Å²) in [6, 6.07) is 10.5. The fraction of sp³-hybridized carbons (Fsp3) is 0.346. The van der Waals surface area contributed by atoms with Crippen LogP contribution in [0.4, 0.5) is 11.4 Å². The number of halogens is 1. The molecule has 5 aliphatic rings. The molecule has 3 amide bonds. The molecule has 1 heterocycles. The molecule has 6 unspecified atom stereocenters. The topological polar surface area (TPSA) is 101 Å². The third kappa shape index (κ3) is 3.23. The van der Waals surface area contributed by atoms with E-state index < -0.39 is 10.8 Å². The van der Waals surface area contributed by atoms with Gasteiger partial charge < -0.3 is 0 Å². The number of hydrogen-bond donors (Lipinski definition) is 0. The molecular formula is C26H22ClN3O5. The Morgan fingerprint density at radius 1 is 1.09 bits per heavy atom. The van der Waals surface area contributed by atoms with Crippen molar-refractivity contribution >= 4 is 40.7 Å². The molecule has 9 heteroatoms. The van der Waals surface area contributed by atoms with Crippen molar-refractivity contribution in [2.75, 3.05) is 11.6 Å². The van der Waals surface area contributed by atoms with Gasteiger partial charge in [-0.2, -0.15) is 0 Å². The van der Waals surface area contributed by atoms with E-state index in [4.69, 9.17) is 11.6 Å². The lowest BCUT2D eigenvalue weighted by Gasteiger charge is -2.37. The summed E-state index contributed by atoms with van der Waals surface area (Å²) in [4.78, 5) is 54.0. The molecular weight excluding hydrogens is 470 g/mol. The number of amides is 3. The zero-order valence-corrected chi connectivity index (χ0v) is 19.6. The van der Waals surface area contributed by atoms with Gasteiger partial charge in [-0.05, 0) is 60.8 Å². The van der Waals surface area contributed by atoms with Gasteiger partial charge in [0.05, 0.1) is 22.4 Å². The van der Waals surface area contributed by atoms with Gasteiger partial charge in [-0.25, -0.2) is 0 Å². The van der Waals surface area contributed by atoms with Crippen molar-refractivity contribution in [1.82, 2.24) is 4.90 Å². The fourth-order valence-electron chi connectivity index (χ4n) is 6.35. The van der Waals surface area contributed by atoms with Crippen LogP contribution in [0.2, 0.25) is 5.02 Å². The minimum atomic E-state index is -0.571. The molecule has 8 nitrogen and oxygen atoms in total. The molecule has 3 fully saturated rings. The van der Waals surface area contributed by atoms with E-state index >= 15 is 0 Å². The Morgan fingerprint density at radius 2 is 1.71 bits per heavy atom. The lowest BCUT2D eigenvalue weighted by atomic mass is 9.63. The van der Waals surface area contributed by atoms with Gasteiger partial charge in [-0.3, -0.25) is 34.3 Å². The number of non-ortho nitro benzene ring substituents is 1. The molecule has 35 heavy (non-hydrogen) atoms. The maximum absolute atomic E-state index is 13.7. The number of carbonyl (C=O) groups excluding carboxylic acids is 3. The van der Waals surface area contributed by atoms with Gasteiger partial charge in [0.2, 0.25) is 11.8 Å². The summed E-state index contributed by atoms with van der Waals surface area (Å²) in [6.45, 7) is 1.47. The number of allylic oxidation sites excluding steroid dienone is 2. The van der Waals surface area contributed by atoms with E-state index in [1.54, 1.807) is 25.1 Å². The lowest BCUT2D eigenvalue weighted by Crippen LogP contribution is -2.45. The van der Waals surface area contributed by atoms with Gasteiger partial charge in [0, 0.05) is 22.7 Å². The van der Waals surface area contributed by atoms with Crippen LogP contribution in [0.15, 0.2) is 54.6 Å². The number of hydrogen-bond acceptors (Lipinski definition) is 5. The van der Waals surface area contributed by atoms with Crippen LogP contribution in [0.1, 0.15) is 22.3 Å². The summed E-state index contributed by atoms with van der Waals surface area (Å²) in [5.74, 6) is -0.717. The molecule has 4 aliphatic carbocycles. The second-order valence-electron chi connectivity index (χ2n) is 9.83. The van der Waals surface area contributed by atoms with Gasteiger partial charge in [-0.15, -0.1) is 0 Å². The van der Waals surface area contributed by atoms with Crippen LogP contribution in [0.3, 0.4) is 0 Å². The van der Waals surface area contributed by atoms with Crippen molar-refractivity contribution in [2.24, 2.45) is 35.5 Å². The van der Waals surface area contributed by atoms with E-state index in [0.717, 1.165) is 6.42 Å². The van der Waals surface area contributed by atoms with Crippen molar-refractivity contribution < 1.29 is 19.3 Å². The second kappa shape index (κ2) is 7.75. The molecule has 2 aromatic carbocycles. The zero-order chi connectivity index (χ0) is 24.6. The number of carbonyl (C=O) groups is 3. The smallest absolute Gasteiger partial charge is 0.270 e. The third-order valence-corrected chi connectivity index (χ3v) is 8.53. The molecule has 1 saturated heterocycles. The Kier molecular flexibility index (Phi) is 4.86. The monoisotopic (exact) mass is 491 g/mol. The summed E-state index contributed by atoms with van der Waals surface area (Å²) in [6.07, 6.45) is 5.26. The predicted octanol–water partition coefficient (Wildman–Crippen LogP) is 4.21. The number of anilines is 1. The molecule has 2 bridgehead atoms. The quantitative estimate of drug-likeness (QED) is 0.270. The molecule has 0 N–H and O–H groups in total. The first-order valence-electron chi connectivity index (χ1n) is 11.6. The van der Waals surface area contributed by atoms with Crippen molar-refractivity contribution in [2.45, 2.75) is 13.3 Å². The number of nitro groups is 1. The van der Waals surface area contributed by atoms with Crippen LogP contribution < -0.4 is 4.90 Å². The Balaban J connectivity index is 1.38. The van der Waals surface area contributed by atoms with E-state index in [2.05, 4.69) is 12.2 Å². The average Bonchev–Trinajstić information content (AvgIpc) is 3.64. The molecule has 1 aliphatic heterocycles. The lowest BCUT2D eigenvalue weighted by molar-refractivity contribution is -0.384. The van der Waals surface area contributed by atoms with Crippen molar-refractivity contribution in [3.05, 3.63) is 80.9 Å². The van der Waals surface area contributed by atoms with Crippen LogP contribution in [0.5, 0.6) is 0 Å². The molecule has 6 atom stereocenters. The number of likely N-dealkylation sites (tertiary alicyclic amines) is 1. The summed E-state index contributed by atoms with van der Waals surface area (Å²) in [5.41, 5.74) is 0.902. The maximum atomic E-state index is 13.7. The number of benzene rings is 2. The van der Waals surface area contributed by atoms with E-state index in [1.807, 2.05) is 0 Å². The van der Waals surface area contributed by atoms with Crippen molar-refractivity contribution in [3.63, 3.8) is 0 Å². The molecule has 178 valence electrons. The minimum absolute atomic E-state index is 0.0743. The number of nitro benzene ring substituents is 1. The second-order valence-corrected chi connectivity index (χ2v) is 10.2. The maximum Gasteiger partial charge on any atom is 0.270 e. The molecule has 0 aromatic heterocycles. The van der Waals surface area contributed by atoms with Crippen LogP contribution >= 0.6 is 11.6 Å². The summed E-state index contributed by atoms with van der Waals surface area (Å²) < 4.78 is 0. The van der Waals surface area contributed by atoms with Crippen LogP contribution in [0, 0.1) is 52.5 Å². The first kappa shape index (κ1) is 22.0. The highest BCUT2D eigenvalue weighted by molar-refractivity contribution is 6.31. The van der Waals surface area contributed by atoms with Gasteiger partial charge in [0.15, 0.2) is 0 Å². The van der Waals surface area contributed by atoms with E-state index in [1.165, 1.54) is 34.1 Å². The van der Waals surface area contributed by atoms with E-state index in [-0.39, 0.29) is 53.4 Å². The first-order chi connectivity index (χ1) is 16.8. The Hall–Kier alpha value is -3.52. The standard InChI is InChI=1S/C26H22ClN3O5/c1-13-20(27)6-3-7-21(13)28(24(31)14-4-2-5-15(10-14)30(34)35)12-29-25(32)22-16-8-9-17(19-11-18(16)19)23(22)26(29)33/h2-10,16-19,22-23H,11-12H2,1H3. The molecule has 2 aromatic rings. The van der Waals surface area contributed by atoms with E-state index in [0.29, 0.717) is 28.1 Å². The number of rotatable bonds is 5. The third-order valence-electron chi connectivity index (χ3n) is 8.12. The highest BCUT2D eigenvalue weighted by Crippen LogP contribution is 2.65. The summed E-state index contributed by atoms with van der Waals surface area (Å²) in [7, 11) is 0. The average molecular weight is 492 g/mol. The van der Waals surface area contributed by atoms with Gasteiger partial charge in [-0.1, -0.05) is 35.9 Å². The highest BCUT2D eigenvalue weighted by atomic mass is 35.5. The molecule has 7 rings (SSSR count). The molecule has 0 radical (unpaired) electrons. The number of nitrogens with zero attached hydrogens (tertiary/aromatic N) is 3. The molecule has 2 saturated carbocycles. The van der Waals surface area contributed by atoms with Crippen LogP contribution in [-0.2, 0) is 9.59 Å². The predicted molar refractivity (Wildman–Crippen MR) is 128 cm³/mol. The van der Waals surface area contributed by atoms with Gasteiger partial charge >= 0.3 is 0 Å². The van der Waals surface area contributed by atoms with Gasteiger partial charge in [0.1, 0.15) is 6.67 Å². The summed E-state index contributed by atoms with van der Waals surface area (Å²) in [5, 5.41) is 11.7. The summed E-state index contributed by atoms with van der Waals surface area (Å²) >= 11 is 6.33. The van der Waals surface area contributed by atoms with E-state index in [9.17, 15) is 24.5 Å². The fourth-order valence-corrected chi connectivity index (χ4v) is 6.52. The van der Waals surface area contributed by atoms with Crippen molar-refractivity contribution in [1.29, 1.82) is 0 Å². The first-order valence-corrected chi connectivity index (χ1v) is 12.0. The highest BCUT2D eigenvalue weighted by Gasteiger charge is 2.67. The zero-order valence-electron chi connectivity index (χ0n) is 18.8. The normalized spacial score (nSPS) is 29.7. The van der Waals surface area contributed by atoms with Crippen LogP contribution in [0.25, 0.3) is 0 Å². The van der Waals surface area contributed by atoms with Crippen LogP contribution in [-0.4, -0.2) is 34.2 Å². The van der Waals surface area contributed by atoms with Gasteiger partial charge in [0.25, 0.3) is 11.6 Å². The minimum Gasteiger partial charge on any atom is -0.289 e. The molecule has 0 spiro atoms. The van der Waals surface area contributed by atoms with Crippen molar-refractivity contribution in [3.8, 4) is 0 Å². The number of imide groups is 1. The SMILES string of the molecule is Cc1c(Cl)cccc1N(CN1C(=O)C2C3C=CC(C4CC34)C2C1=O)C(=O)c1cccc([N+](=O)[O-])c1. The Bertz CT molecular complexity index is 1300. The Labute approximate surface area is 206 Å².